The number of hydrogen-bond acceptors (Lipinski definition) is 6. The molecule has 0 spiro atoms. The third kappa shape index (κ3) is 3.72. The number of anilines is 1. The molecule has 1 saturated heterocycles. The van der Waals surface area contributed by atoms with Crippen molar-refractivity contribution in [3.05, 3.63) is 81.3 Å². The lowest BCUT2D eigenvalue weighted by molar-refractivity contribution is 0.0595. The maximum absolute atomic E-state index is 13.4. The highest BCUT2D eigenvalue weighted by molar-refractivity contribution is 7.09. The fourth-order valence-corrected chi connectivity index (χ4v) is 5.24. The van der Waals surface area contributed by atoms with E-state index in [1.807, 2.05) is 24.4 Å². The van der Waals surface area contributed by atoms with Gasteiger partial charge in [0.15, 0.2) is 0 Å². The second kappa shape index (κ2) is 8.48. The van der Waals surface area contributed by atoms with Crippen molar-refractivity contribution in [3.8, 4) is 0 Å². The van der Waals surface area contributed by atoms with Gasteiger partial charge in [-0.05, 0) is 31.5 Å². The minimum absolute atomic E-state index is 0.217. The summed E-state index contributed by atoms with van der Waals surface area (Å²) in [5.41, 5.74) is 4.49. The van der Waals surface area contributed by atoms with Crippen LogP contribution in [0.3, 0.4) is 0 Å². The second-order valence-electron chi connectivity index (χ2n) is 8.48. The molecule has 0 radical (unpaired) electrons. The van der Waals surface area contributed by atoms with Gasteiger partial charge in [0.2, 0.25) is 0 Å². The Kier molecular flexibility index (Phi) is 5.53. The first-order valence-electron chi connectivity index (χ1n) is 11.0. The van der Waals surface area contributed by atoms with Crippen molar-refractivity contribution in [2.24, 2.45) is 0 Å². The summed E-state index contributed by atoms with van der Waals surface area (Å²) >= 11 is 1.46. The number of imide groups is 1. The molecule has 1 atom stereocenters. The number of aryl methyl sites for hydroxylation is 1. The summed E-state index contributed by atoms with van der Waals surface area (Å²) in [6, 6.07) is 13.9. The molecule has 0 bridgehead atoms. The summed E-state index contributed by atoms with van der Waals surface area (Å²) in [5.74, 6) is -0.446. The first-order chi connectivity index (χ1) is 15.5. The molecule has 3 aromatic rings. The normalized spacial score (nSPS) is 17.7. The van der Waals surface area contributed by atoms with Gasteiger partial charge in [-0.2, -0.15) is 0 Å². The van der Waals surface area contributed by atoms with Gasteiger partial charge >= 0.3 is 0 Å². The van der Waals surface area contributed by atoms with Crippen LogP contribution in [0, 0.1) is 6.92 Å². The van der Waals surface area contributed by atoms with Crippen molar-refractivity contribution in [3.63, 3.8) is 0 Å². The maximum Gasteiger partial charge on any atom is 0.264 e. The maximum atomic E-state index is 13.4. The molecule has 0 N–H and O–H groups in total. The quantitative estimate of drug-likeness (QED) is 0.552. The second-order valence-corrected chi connectivity index (χ2v) is 9.40. The minimum Gasteiger partial charge on any atom is -0.368 e. The molecule has 164 valence electrons. The summed E-state index contributed by atoms with van der Waals surface area (Å²) in [6.07, 6.45) is 1.70. The van der Waals surface area contributed by atoms with Crippen LogP contribution in [0.2, 0.25) is 0 Å². The van der Waals surface area contributed by atoms with Gasteiger partial charge in [0.05, 0.1) is 22.9 Å². The third-order valence-corrected chi connectivity index (χ3v) is 7.31. The fraction of sp³-hybridized carbons (Fsp3) is 0.320. The highest BCUT2D eigenvalue weighted by atomic mass is 32.1. The average Bonchev–Trinajstić information content (AvgIpc) is 3.43. The Hall–Kier alpha value is -3.03. The van der Waals surface area contributed by atoms with Crippen molar-refractivity contribution >= 4 is 28.8 Å². The van der Waals surface area contributed by atoms with Gasteiger partial charge in [-0.1, -0.05) is 35.9 Å². The molecule has 0 aliphatic carbocycles. The lowest BCUT2D eigenvalue weighted by Gasteiger charge is -2.36. The first kappa shape index (κ1) is 20.8. The molecule has 32 heavy (non-hydrogen) atoms. The molecule has 1 fully saturated rings. The number of rotatable bonds is 5. The number of fused-ring (bicyclic) bond motifs is 1. The SMILES string of the molecule is Cc1ccc(CN2CCN(c3cccc4c3C(=O)N([C@@H](C)c3nccs3)C4=O)CC2)cc1. The summed E-state index contributed by atoms with van der Waals surface area (Å²) < 4.78 is 0. The van der Waals surface area contributed by atoms with E-state index in [-0.39, 0.29) is 17.9 Å². The van der Waals surface area contributed by atoms with E-state index >= 15 is 0 Å². The van der Waals surface area contributed by atoms with Crippen molar-refractivity contribution in [2.75, 3.05) is 31.1 Å². The highest BCUT2D eigenvalue weighted by Crippen LogP contribution is 2.37. The van der Waals surface area contributed by atoms with E-state index in [0.717, 1.165) is 43.4 Å². The lowest BCUT2D eigenvalue weighted by atomic mass is 10.1. The van der Waals surface area contributed by atoms with Crippen molar-refractivity contribution in [1.29, 1.82) is 0 Å². The van der Waals surface area contributed by atoms with Crippen molar-refractivity contribution in [1.82, 2.24) is 14.8 Å². The largest absolute Gasteiger partial charge is 0.368 e. The monoisotopic (exact) mass is 446 g/mol. The summed E-state index contributed by atoms with van der Waals surface area (Å²) in [5, 5.41) is 2.64. The van der Waals surface area contributed by atoms with Crippen LogP contribution in [-0.4, -0.2) is 52.8 Å². The Morgan fingerprint density at radius 3 is 2.44 bits per heavy atom. The first-order valence-corrected chi connectivity index (χ1v) is 11.8. The Balaban J connectivity index is 1.33. The van der Waals surface area contributed by atoms with Gasteiger partial charge in [-0.25, -0.2) is 4.98 Å². The van der Waals surface area contributed by atoms with Crippen LogP contribution in [0.25, 0.3) is 0 Å². The molecule has 2 aliphatic rings. The van der Waals surface area contributed by atoms with Gasteiger partial charge in [-0.15, -0.1) is 11.3 Å². The predicted octanol–water partition coefficient (Wildman–Crippen LogP) is 4.13. The Bertz CT molecular complexity index is 1140. The Morgan fingerprint density at radius 1 is 1.00 bits per heavy atom. The van der Waals surface area contributed by atoms with E-state index in [0.29, 0.717) is 11.1 Å². The minimum atomic E-state index is -0.374. The zero-order chi connectivity index (χ0) is 22.2. The fourth-order valence-electron chi connectivity index (χ4n) is 4.55. The standard InChI is InChI=1S/C25H26N4O2S/c1-17-6-8-19(9-7-17)16-27-11-13-28(14-12-27)21-5-3-4-20-22(21)25(31)29(24(20)30)18(2)23-26-10-15-32-23/h3-10,15,18H,11-14,16H2,1-2H3/t18-/m0/s1. The van der Waals surface area contributed by atoms with E-state index in [2.05, 4.69) is 46.0 Å². The van der Waals surface area contributed by atoms with Crippen LogP contribution in [0.15, 0.2) is 54.0 Å². The number of benzene rings is 2. The van der Waals surface area contributed by atoms with E-state index in [1.165, 1.54) is 27.4 Å². The molecule has 0 unspecified atom stereocenters. The number of carbonyl (C=O) groups is 2. The molecule has 2 aromatic carbocycles. The van der Waals surface area contributed by atoms with Crippen LogP contribution < -0.4 is 4.90 Å². The van der Waals surface area contributed by atoms with Crippen LogP contribution >= 0.6 is 11.3 Å². The number of hydrogen-bond donors (Lipinski definition) is 0. The Morgan fingerprint density at radius 2 is 1.75 bits per heavy atom. The van der Waals surface area contributed by atoms with Gasteiger partial charge in [0.1, 0.15) is 5.01 Å². The molecule has 5 rings (SSSR count). The topological polar surface area (TPSA) is 56.8 Å². The van der Waals surface area contributed by atoms with E-state index < -0.39 is 0 Å². The number of aromatic nitrogens is 1. The third-order valence-electron chi connectivity index (χ3n) is 6.36. The molecule has 7 heteroatoms. The summed E-state index contributed by atoms with van der Waals surface area (Å²) in [4.78, 5) is 36.9. The zero-order valence-electron chi connectivity index (χ0n) is 18.3. The van der Waals surface area contributed by atoms with E-state index in [4.69, 9.17) is 0 Å². The Labute approximate surface area is 192 Å². The van der Waals surface area contributed by atoms with E-state index in [1.54, 1.807) is 12.3 Å². The van der Waals surface area contributed by atoms with Crippen molar-refractivity contribution in [2.45, 2.75) is 26.4 Å². The molecule has 6 nitrogen and oxygen atoms in total. The molecular weight excluding hydrogens is 420 g/mol. The van der Waals surface area contributed by atoms with Crippen molar-refractivity contribution < 1.29 is 9.59 Å². The predicted molar refractivity (Wildman–Crippen MR) is 126 cm³/mol. The number of nitrogens with zero attached hydrogens (tertiary/aromatic N) is 4. The highest BCUT2D eigenvalue weighted by Gasteiger charge is 2.42. The molecular formula is C25H26N4O2S. The zero-order valence-corrected chi connectivity index (χ0v) is 19.1. The summed E-state index contributed by atoms with van der Waals surface area (Å²) in [6.45, 7) is 8.38. The molecule has 1 aromatic heterocycles. The van der Waals surface area contributed by atoms with Crippen LogP contribution in [0.1, 0.15) is 49.8 Å². The molecule has 2 aliphatic heterocycles. The number of thiazole rings is 1. The van der Waals surface area contributed by atoms with Gasteiger partial charge < -0.3 is 4.90 Å². The lowest BCUT2D eigenvalue weighted by Crippen LogP contribution is -2.46. The molecule has 3 heterocycles. The number of piperazine rings is 1. The number of carbonyl (C=O) groups excluding carboxylic acids is 2. The van der Waals surface area contributed by atoms with Crippen LogP contribution in [0.4, 0.5) is 5.69 Å². The molecule has 0 saturated carbocycles. The smallest absolute Gasteiger partial charge is 0.264 e. The van der Waals surface area contributed by atoms with Gasteiger partial charge in [0.25, 0.3) is 11.8 Å². The van der Waals surface area contributed by atoms with Crippen LogP contribution in [0.5, 0.6) is 0 Å². The van der Waals surface area contributed by atoms with Crippen LogP contribution in [-0.2, 0) is 6.54 Å². The van der Waals surface area contributed by atoms with Gasteiger partial charge in [-0.3, -0.25) is 19.4 Å². The summed E-state index contributed by atoms with van der Waals surface area (Å²) in [7, 11) is 0. The number of amides is 2. The molecule has 2 amide bonds. The average molecular weight is 447 g/mol. The van der Waals surface area contributed by atoms with E-state index in [9.17, 15) is 9.59 Å². The van der Waals surface area contributed by atoms with Gasteiger partial charge in [0, 0.05) is 44.3 Å².